The van der Waals surface area contributed by atoms with Gasteiger partial charge in [0.15, 0.2) is 0 Å². The first-order chi connectivity index (χ1) is 9.46. The number of aryl methyl sites for hydroxylation is 1. The zero-order valence-electron chi connectivity index (χ0n) is 10.9. The molecule has 0 aliphatic carbocycles. The van der Waals surface area contributed by atoms with E-state index in [1.165, 1.54) is 0 Å². The second-order valence-corrected chi connectivity index (χ2v) is 4.24. The van der Waals surface area contributed by atoms with Gasteiger partial charge in [-0.05, 0) is 19.1 Å². The number of fused-ring (bicyclic) bond motifs is 1. The molecule has 0 aliphatic rings. The molecule has 1 heterocycles. The van der Waals surface area contributed by atoms with Crippen LogP contribution in [0.4, 0.5) is 19.0 Å². The van der Waals surface area contributed by atoms with Gasteiger partial charge in [-0.2, -0.15) is 13.2 Å². The quantitative estimate of drug-likeness (QED) is 0.858. The Balaban J connectivity index is 1.91. The molecular weight excluding hydrogens is 271 g/mol. The van der Waals surface area contributed by atoms with Crippen molar-refractivity contribution in [1.82, 2.24) is 9.97 Å². The van der Waals surface area contributed by atoms with E-state index in [9.17, 15) is 13.2 Å². The predicted octanol–water partition coefficient (Wildman–Crippen LogP) is 2.93. The number of halogens is 3. The van der Waals surface area contributed by atoms with Gasteiger partial charge >= 0.3 is 6.18 Å². The van der Waals surface area contributed by atoms with Crippen LogP contribution >= 0.6 is 0 Å². The van der Waals surface area contributed by atoms with E-state index < -0.39 is 12.8 Å². The monoisotopic (exact) mass is 285 g/mol. The fourth-order valence-corrected chi connectivity index (χ4v) is 1.69. The van der Waals surface area contributed by atoms with Crippen LogP contribution in [0.5, 0.6) is 0 Å². The highest BCUT2D eigenvalue weighted by atomic mass is 19.4. The topological polar surface area (TPSA) is 47.0 Å². The van der Waals surface area contributed by atoms with Gasteiger partial charge in [0, 0.05) is 6.54 Å². The molecule has 0 saturated heterocycles. The summed E-state index contributed by atoms with van der Waals surface area (Å²) in [5, 5.41) is 2.93. The van der Waals surface area contributed by atoms with Crippen molar-refractivity contribution >= 4 is 16.9 Å². The van der Waals surface area contributed by atoms with E-state index in [4.69, 9.17) is 0 Å². The molecule has 0 atom stereocenters. The summed E-state index contributed by atoms with van der Waals surface area (Å²) in [6, 6.07) is 7.40. The molecular formula is C13H14F3N3O. The lowest BCUT2D eigenvalue weighted by Gasteiger charge is -2.10. The maximum Gasteiger partial charge on any atom is 0.411 e. The summed E-state index contributed by atoms with van der Waals surface area (Å²) in [6.07, 6.45) is -4.29. The second-order valence-electron chi connectivity index (χ2n) is 4.24. The average Bonchev–Trinajstić information content (AvgIpc) is 2.37. The van der Waals surface area contributed by atoms with E-state index in [1.807, 2.05) is 24.3 Å². The van der Waals surface area contributed by atoms with Gasteiger partial charge in [0.05, 0.1) is 23.3 Å². The molecule has 0 radical (unpaired) electrons. The lowest BCUT2D eigenvalue weighted by atomic mass is 10.3. The molecule has 0 aliphatic heterocycles. The molecule has 0 unspecified atom stereocenters. The Morgan fingerprint density at radius 2 is 1.80 bits per heavy atom. The fourth-order valence-electron chi connectivity index (χ4n) is 1.69. The number of nitrogens with one attached hydrogen (secondary N) is 1. The van der Waals surface area contributed by atoms with E-state index in [0.717, 1.165) is 11.0 Å². The first-order valence-corrected chi connectivity index (χ1v) is 6.07. The van der Waals surface area contributed by atoms with Crippen LogP contribution in [-0.2, 0) is 4.74 Å². The van der Waals surface area contributed by atoms with Crippen LogP contribution in [0.2, 0.25) is 0 Å². The number of alkyl halides is 3. The normalized spacial score (nSPS) is 11.8. The van der Waals surface area contributed by atoms with Crippen molar-refractivity contribution in [3.63, 3.8) is 0 Å². The first kappa shape index (κ1) is 14.5. The summed E-state index contributed by atoms with van der Waals surface area (Å²) in [5.74, 6) is 0.555. The highest BCUT2D eigenvalue weighted by Crippen LogP contribution is 2.16. The largest absolute Gasteiger partial charge is 0.411 e. The summed E-state index contributed by atoms with van der Waals surface area (Å²) in [6.45, 7) is 0.743. The van der Waals surface area contributed by atoms with Crippen molar-refractivity contribution in [3.05, 3.63) is 30.0 Å². The molecule has 2 aromatic rings. The molecule has 108 valence electrons. The van der Waals surface area contributed by atoms with E-state index in [0.29, 0.717) is 11.5 Å². The molecule has 1 N–H and O–H groups in total. The molecule has 7 heteroatoms. The minimum Gasteiger partial charge on any atom is -0.370 e. The summed E-state index contributed by atoms with van der Waals surface area (Å²) in [4.78, 5) is 8.74. The standard InChI is InChI=1S/C13H14F3N3O/c1-9-12(17-6-7-20-8-13(14,15)16)19-11-5-3-2-4-10(11)18-9/h2-5H,6-8H2,1H3,(H,17,19). The number of hydrogen-bond acceptors (Lipinski definition) is 4. The smallest absolute Gasteiger partial charge is 0.370 e. The third-order valence-corrected chi connectivity index (χ3v) is 2.55. The highest BCUT2D eigenvalue weighted by molar-refractivity contribution is 5.76. The van der Waals surface area contributed by atoms with Crippen molar-refractivity contribution in [3.8, 4) is 0 Å². The first-order valence-electron chi connectivity index (χ1n) is 6.07. The Kier molecular flexibility index (Phi) is 4.39. The van der Waals surface area contributed by atoms with Crippen LogP contribution in [0.3, 0.4) is 0 Å². The molecule has 0 bridgehead atoms. The molecule has 4 nitrogen and oxygen atoms in total. The van der Waals surface area contributed by atoms with Crippen LogP contribution in [0.15, 0.2) is 24.3 Å². The Hall–Kier alpha value is -1.89. The van der Waals surface area contributed by atoms with E-state index >= 15 is 0 Å². The molecule has 0 spiro atoms. The Labute approximate surface area is 114 Å². The lowest BCUT2D eigenvalue weighted by molar-refractivity contribution is -0.172. The van der Waals surface area contributed by atoms with Gasteiger partial charge in [0.2, 0.25) is 0 Å². The van der Waals surface area contributed by atoms with Crippen LogP contribution < -0.4 is 5.32 Å². The van der Waals surface area contributed by atoms with Gasteiger partial charge in [-0.15, -0.1) is 0 Å². The summed E-state index contributed by atoms with van der Waals surface area (Å²) in [7, 11) is 0. The van der Waals surface area contributed by atoms with Gasteiger partial charge < -0.3 is 10.1 Å². The Bertz CT molecular complexity index is 587. The van der Waals surface area contributed by atoms with Crippen LogP contribution in [-0.4, -0.2) is 35.9 Å². The fraction of sp³-hybridized carbons (Fsp3) is 0.385. The Morgan fingerprint density at radius 3 is 2.45 bits per heavy atom. The predicted molar refractivity (Wildman–Crippen MR) is 69.6 cm³/mol. The molecule has 1 aromatic heterocycles. The Morgan fingerprint density at radius 1 is 1.15 bits per heavy atom. The number of benzene rings is 1. The van der Waals surface area contributed by atoms with Gasteiger partial charge in [-0.25, -0.2) is 9.97 Å². The SMILES string of the molecule is Cc1nc2ccccc2nc1NCCOCC(F)(F)F. The van der Waals surface area contributed by atoms with Crippen molar-refractivity contribution in [1.29, 1.82) is 0 Å². The molecule has 2 rings (SSSR count). The van der Waals surface area contributed by atoms with Crippen LogP contribution in [0, 0.1) is 6.92 Å². The number of ether oxygens (including phenoxy) is 1. The van der Waals surface area contributed by atoms with Gasteiger partial charge in [-0.3, -0.25) is 0 Å². The average molecular weight is 285 g/mol. The van der Waals surface area contributed by atoms with E-state index in [1.54, 1.807) is 6.92 Å². The van der Waals surface area contributed by atoms with Crippen molar-refractivity contribution in [2.24, 2.45) is 0 Å². The lowest BCUT2D eigenvalue weighted by Crippen LogP contribution is -2.20. The highest BCUT2D eigenvalue weighted by Gasteiger charge is 2.27. The summed E-state index contributed by atoms with van der Waals surface area (Å²) in [5.41, 5.74) is 2.21. The second kappa shape index (κ2) is 6.04. The number of anilines is 1. The number of nitrogens with zero attached hydrogens (tertiary/aromatic N) is 2. The van der Waals surface area contributed by atoms with E-state index in [-0.39, 0.29) is 13.2 Å². The maximum absolute atomic E-state index is 11.9. The minimum atomic E-state index is -4.29. The zero-order chi connectivity index (χ0) is 14.6. The van der Waals surface area contributed by atoms with E-state index in [2.05, 4.69) is 20.0 Å². The molecule has 20 heavy (non-hydrogen) atoms. The molecule has 1 aromatic carbocycles. The number of hydrogen-bond donors (Lipinski definition) is 1. The van der Waals surface area contributed by atoms with Crippen molar-refractivity contribution < 1.29 is 17.9 Å². The number of rotatable bonds is 5. The van der Waals surface area contributed by atoms with Crippen LogP contribution in [0.25, 0.3) is 11.0 Å². The van der Waals surface area contributed by atoms with Gasteiger partial charge in [0.1, 0.15) is 12.4 Å². The van der Waals surface area contributed by atoms with Crippen molar-refractivity contribution in [2.45, 2.75) is 13.1 Å². The van der Waals surface area contributed by atoms with Gasteiger partial charge in [-0.1, -0.05) is 12.1 Å². The number of aromatic nitrogens is 2. The summed E-state index contributed by atoms with van der Waals surface area (Å²) < 4.78 is 40.1. The third-order valence-electron chi connectivity index (χ3n) is 2.55. The third kappa shape index (κ3) is 4.06. The maximum atomic E-state index is 11.9. The van der Waals surface area contributed by atoms with Crippen LogP contribution in [0.1, 0.15) is 5.69 Å². The molecule has 0 amide bonds. The molecule has 0 fully saturated rings. The number of para-hydroxylation sites is 2. The zero-order valence-corrected chi connectivity index (χ0v) is 10.9. The summed E-state index contributed by atoms with van der Waals surface area (Å²) >= 11 is 0. The van der Waals surface area contributed by atoms with Gasteiger partial charge in [0.25, 0.3) is 0 Å². The minimum absolute atomic E-state index is 0.0482. The van der Waals surface area contributed by atoms with Crippen molar-refractivity contribution in [2.75, 3.05) is 25.1 Å². The molecule has 0 saturated carbocycles.